The molecule has 15 heavy (non-hydrogen) atoms. The third-order valence-corrected chi connectivity index (χ3v) is 2.30. The summed E-state index contributed by atoms with van der Waals surface area (Å²) in [4.78, 5) is 4.03. The van der Waals surface area contributed by atoms with Crippen LogP contribution in [0.4, 0.5) is 0 Å². The first-order chi connectivity index (χ1) is 7.15. The zero-order valence-electron chi connectivity index (χ0n) is 9.40. The van der Waals surface area contributed by atoms with Crippen LogP contribution >= 0.6 is 0 Å². The van der Waals surface area contributed by atoms with E-state index in [1.54, 1.807) is 0 Å². The normalized spacial score (nSPS) is 11.5. The standard InChI is InChI=1S/C14H17N/c1-11(2)12(3)10-14(15-4)13-8-6-5-7-9-13/h5-11H,3-4H2,1-2H3/b14-10-. The summed E-state index contributed by atoms with van der Waals surface area (Å²) in [6.07, 6.45) is 1.99. The molecule has 78 valence electrons. The second kappa shape index (κ2) is 5.30. The van der Waals surface area contributed by atoms with E-state index in [4.69, 9.17) is 0 Å². The Morgan fingerprint density at radius 1 is 1.27 bits per heavy atom. The zero-order chi connectivity index (χ0) is 11.3. The summed E-state index contributed by atoms with van der Waals surface area (Å²) < 4.78 is 0. The van der Waals surface area contributed by atoms with E-state index in [0.717, 1.165) is 16.8 Å². The van der Waals surface area contributed by atoms with Gasteiger partial charge in [0.2, 0.25) is 0 Å². The van der Waals surface area contributed by atoms with Gasteiger partial charge in [-0.25, -0.2) is 0 Å². The van der Waals surface area contributed by atoms with Crippen molar-refractivity contribution in [3.05, 3.63) is 54.1 Å². The number of allylic oxidation sites excluding steroid dienone is 2. The van der Waals surface area contributed by atoms with Crippen LogP contribution in [0.1, 0.15) is 19.4 Å². The largest absolute Gasteiger partial charge is 0.264 e. The highest BCUT2D eigenvalue weighted by atomic mass is 14.7. The molecule has 0 spiro atoms. The Bertz CT molecular complexity index is 372. The molecule has 0 aliphatic heterocycles. The van der Waals surface area contributed by atoms with Gasteiger partial charge in [0.15, 0.2) is 0 Å². The van der Waals surface area contributed by atoms with E-state index in [0.29, 0.717) is 5.92 Å². The monoisotopic (exact) mass is 199 g/mol. The third-order valence-electron chi connectivity index (χ3n) is 2.30. The molecule has 0 aromatic heterocycles. The molecule has 0 amide bonds. The van der Waals surface area contributed by atoms with Crippen molar-refractivity contribution < 1.29 is 0 Å². The van der Waals surface area contributed by atoms with Crippen molar-refractivity contribution in [2.75, 3.05) is 0 Å². The molecule has 1 aromatic rings. The van der Waals surface area contributed by atoms with E-state index in [-0.39, 0.29) is 0 Å². The summed E-state index contributed by atoms with van der Waals surface area (Å²) in [6.45, 7) is 11.8. The summed E-state index contributed by atoms with van der Waals surface area (Å²) in [6, 6.07) is 10.0. The summed E-state index contributed by atoms with van der Waals surface area (Å²) >= 11 is 0. The maximum absolute atomic E-state index is 4.03. The lowest BCUT2D eigenvalue weighted by molar-refractivity contribution is 0.795. The Balaban J connectivity index is 3.00. The Morgan fingerprint density at radius 3 is 2.33 bits per heavy atom. The van der Waals surface area contributed by atoms with Gasteiger partial charge in [0.1, 0.15) is 0 Å². The molecule has 1 rings (SSSR count). The zero-order valence-corrected chi connectivity index (χ0v) is 9.40. The second-order valence-electron chi connectivity index (χ2n) is 3.78. The quantitative estimate of drug-likeness (QED) is 0.514. The van der Waals surface area contributed by atoms with Crippen LogP contribution < -0.4 is 0 Å². The topological polar surface area (TPSA) is 12.4 Å². The molecule has 0 aliphatic rings. The molecule has 0 radical (unpaired) electrons. The molecule has 0 saturated carbocycles. The van der Waals surface area contributed by atoms with E-state index in [1.165, 1.54) is 0 Å². The summed E-state index contributed by atoms with van der Waals surface area (Å²) in [5, 5.41) is 0. The van der Waals surface area contributed by atoms with Crippen molar-refractivity contribution in [3.8, 4) is 0 Å². The van der Waals surface area contributed by atoms with Gasteiger partial charge in [-0.05, 0) is 18.7 Å². The maximum atomic E-state index is 4.03. The van der Waals surface area contributed by atoms with Crippen molar-refractivity contribution in [1.29, 1.82) is 0 Å². The van der Waals surface area contributed by atoms with Gasteiger partial charge in [-0.1, -0.05) is 56.3 Å². The van der Waals surface area contributed by atoms with Crippen LogP contribution in [-0.4, -0.2) is 6.72 Å². The number of nitrogens with zero attached hydrogens (tertiary/aromatic N) is 1. The van der Waals surface area contributed by atoms with E-state index >= 15 is 0 Å². The van der Waals surface area contributed by atoms with E-state index in [1.807, 2.05) is 36.4 Å². The minimum atomic E-state index is 0.436. The van der Waals surface area contributed by atoms with Gasteiger partial charge in [0.25, 0.3) is 0 Å². The molecular weight excluding hydrogens is 182 g/mol. The molecule has 1 heteroatoms. The average molecular weight is 199 g/mol. The Hall–Kier alpha value is -1.63. The van der Waals surface area contributed by atoms with E-state index < -0.39 is 0 Å². The molecule has 0 unspecified atom stereocenters. The van der Waals surface area contributed by atoms with Gasteiger partial charge in [-0.2, -0.15) is 0 Å². The highest BCUT2D eigenvalue weighted by Gasteiger charge is 2.01. The Morgan fingerprint density at radius 2 is 1.87 bits per heavy atom. The number of benzene rings is 1. The molecule has 0 saturated heterocycles. The molecule has 0 bridgehead atoms. The lowest BCUT2D eigenvalue weighted by Gasteiger charge is -2.06. The molecule has 1 aromatic carbocycles. The average Bonchev–Trinajstić information content (AvgIpc) is 2.26. The van der Waals surface area contributed by atoms with Gasteiger partial charge >= 0.3 is 0 Å². The first kappa shape index (κ1) is 11.4. The lowest BCUT2D eigenvalue weighted by Crippen LogP contribution is -1.90. The van der Waals surface area contributed by atoms with Crippen LogP contribution in [0.25, 0.3) is 5.70 Å². The number of hydrogen-bond acceptors (Lipinski definition) is 1. The van der Waals surface area contributed by atoms with Crippen molar-refractivity contribution in [3.63, 3.8) is 0 Å². The molecule has 0 heterocycles. The van der Waals surface area contributed by atoms with Gasteiger partial charge in [0.05, 0.1) is 5.70 Å². The first-order valence-electron chi connectivity index (χ1n) is 5.07. The van der Waals surface area contributed by atoms with Crippen LogP contribution in [0.5, 0.6) is 0 Å². The maximum Gasteiger partial charge on any atom is 0.0697 e. The third kappa shape index (κ3) is 3.21. The van der Waals surface area contributed by atoms with Crippen molar-refractivity contribution in [2.24, 2.45) is 10.9 Å². The smallest absolute Gasteiger partial charge is 0.0697 e. The molecular formula is C14H17N. The van der Waals surface area contributed by atoms with E-state index in [2.05, 4.69) is 32.1 Å². The summed E-state index contributed by atoms with van der Waals surface area (Å²) in [5.41, 5.74) is 3.03. The fourth-order valence-corrected chi connectivity index (χ4v) is 1.17. The van der Waals surface area contributed by atoms with Crippen LogP contribution in [0, 0.1) is 5.92 Å². The fraction of sp³-hybridized carbons (Fsp3) is 0.214. The highest BCUT2D eigenvalue weighted by molar-refractivity contribution is 5.70. The van der Waals surface area contributed by atoms with E-state index in [9.17, 15) is 0 Å². The van der Waals surface area contributed by atoms with Gasteiger partial charge in [-0.3, -0.25) is 4.99 Å². The van der Waals surface area contributed by atoms with Gasteiger partial charge in [0, 0.05) is 5.56 Å². The minimum Gasteiger partial charge on any atom is -0.264 e. The SMILES string of the molecule is C=N/C(=C\C(=C)C(C)C)c1ccccc1. The highest BCUT2D eigenvalue weighted by Crippen LogP contribution is 2.19. The summed E-state index contributed by atoms with van der Waals surface area (Å²) in [5.74, 6) is 0.436. The molecule has 0 aliphatic carbocycles. The molecule has 0 atom stereocenters. The predicted molar refractivity (Wildman–Crippen MR) is 67.9 cm³/mol. The first-order valence-corrected chi connectivity index (χ1v) is 5.07. The van der Waals surface area contributed by atoms with Crippen LogP contribution in [0.2, 0.25) is 0 Å². The predicted octanol–water partition coefficient (Wildman–Crippen LogP) is 3.94. The van der Waals surface area contributed by atoms with Crippen molar-refractivity contribution in [1.82, 2.24) is 0 Å². The Labute approximate surface area is 91.9 Å². The summed E-state index contributed by atoms with van der Waals surface area (Å²) in [7, 11) is 0. The van der Waals surface area contributed by atoms with Crippen LogP contribution in [-0.2, 0) is 0 Å². The van der Waals surface area contributed by atoms with Gasteiger partial charge < -0.3 is 0 Å². The fourth-order valence-electron chi connectivity index (χ4n) is 1.17. The lowest BCUT2D eigenvalue weighted by atomic mass is 10.0. The van der Waals surface area contributed by atoms with Crippen molar-refractivity contribution in [2.45, 2.75) is 13.8 Å². The minimum absolute atomic E-state index is 0.436. The molecule has 1 nitrogen and oxygen atoms in total. The number of rotatable bonds is 4. The molecule has 0 fully saturated rings. The number of aliphatic imine (C=N–C) groups is 1. The van der Waals surface area contributed by atoms with Crippen LogP contribution in [0.15, 0.2) is 53.6 Å². The number of hydrogen-bond donors (Lipinski definition) is 0. The van der Waals surface area contributed by atoms with Crippen molar-refractivity contribution >= 4 is 12.4 Å². The van der Waals surface area contributed by atoms with Gasteiger partial charge in [-0.15, -0.1) is 0 Å². The second-order valence-corrected chi connectivity index (χ2v) is 3.78. The van der Waals surface area contributed by atoms with Crippen LogP contribution in [0.3, 0.4) is 0 Å². The Kier molecular flexibility index (Phi) is 4.04. The molecule has 0 N–H and O–H groups in total.